The molecule has 1 N–H and O–H groups in total. The Labute approximate surface area is 123 Å². The molecule has 3 heteroatoms. The molecule has 1 aromatic carbocycles. The maximum atomic E-state index is 5.60. The highest BCUT2D eigenvalue weighted by atomic mass is 16.5. The first-order valence-corrected chi connectivity index (χ1v) is 7.75. The van der Waals surface area contributed by atoms with Crippen LogP contribution < -0.4 is 15.0 Å². The monoisotopic (exact) mass is 276 g/mol. The molecule has 0 aromatic heterocycles. The maximum absolute atomic E-state index is 5.60. The largest absolute Gasteiger partial charge is 0.495 e. The van der Waals surface area contributed by atoms with E-state index >= 15 is 0 Å². The fourth-order valence-corrected chi connectivity index (χ4v) is 2.66. The Morgan fingerprint density at radius 1 is 1.30 bits per heavy atom. The number of nitrogens with zero attached hydrogens (tertiary/aromatic N) is 1. The molecule has 3 nitrogen and oxygen atoms in total. The first-order chi connectivity index (χ1) is 9.60. The second-order valence-corrected chi connectivity index (χ2v) is 6.21. The van der Waals surface area contributed by atoms with Crippen LogP contribution in [0.15, 0.2) is 18.2 Å². The van der Waals surface area contributed by atoms with Gasteiger partial charge in [-0.25, -0.2) is 0 Å². The van der Waals surface area contributed by atoms with Gasteiger partial charge in [-0.2, -0.15) is 0 Å². The van der Waals surface area contributed by atoms with Crippen LogP contribution in [0.1, 0.15) is 39.2 Å². The predicted molar refractivity (Wildman–Crippen MR) is 85.6 cm³/mol. The Hall–Kier alpha value is -1.22. The van der Waals surface area contributed by atoms with Gasteiger partial charge in [-0.15, -0.1) is 0 Å². The van der Waals surface area contributed by atoms with E-state index in [-0.39, 0.29) is 0 Å². The lowest BCUT2D eigenvalue weighted by Crippen LogP contribution is -2.33. The van der Waals surface area contributed by atoms with Crippen molar-refractivity contribution in [3.05, 3.63) is 23.8 Å². The number of ether oxygens (including phenoxy) is 1. The Bertz CT molecular complexity index is 423. The highest BCUT2D eigenvalue weighted by Crippen LogP contribution is 2.32. The van der Waals surface area contributed by atoms with E-state index in [0.29, 0.717) is 6.04 Å². The molecule has 0 spiro atoms. The summed E-state index contributed by atoms with van der Waals surface area (Å²) in [6, 6.07) is 7.10. The van der Waals surface area contributed by atoms with Gasteiger partial charge in [-0.3, -0.25) is 0 Å². The quantitative estimate of drug-likeness (QED) is 0.891. The van der Waals surface area contributed by atoms with Crippen LogP contribution in [0.2, 0.25) is 0 Å². The lowest BCUT2D eigenvalue weighted by Gasteiger charge is -2.33. The topological polar surface area (TPSA) is 24.5 Å². The van der Waals surface area contributed by atoms with Gasteiger partial charge in [0, 0.05) is 25.7 Å². The predicted octanol–water partition coefficient (Wildman–Crippen LogP) is 3.43. The summed E-state index contributed by atoms with van der Waals surface area (Å²) in [5.74, 6) is 1.86. The Morgan fingerprint density at radius 2 is 2.00 bits per heavy atom. The summed E-state index contributed by atoms with van der Waals surface area (Å²) in [5.41, 5.74) is 2.53. The first kappa shape index (κ1) is 15.2. The Morgan fingerprint density at radius 3 is 2.60 bits per heavy atom. The molecule has 0 bridgehead atoms. The van der Waals surface area contributed by atoms with Crippen LogP contribution in [0.25, 0.3) is 0 Å². The zero-order valence-electron chi connectivity index (χ0n) is 13.3. The molecule has 0 saturated carbocycles. The van der Waals surface area contributed by atoms with Crippen molar-refractivity contribution in [1.82, 2.24) is 5.32 Å². The molecule has 0 unspecified atom stereocenters. The normalized spacial score (nSPS) is 16.8. The van der Waals surface area contributed by atoms with Crippen molar-refractivity contribution in [2.75, 3.05) is 25.1 Å². The number of rotatable bonds is 5. The first-order valence-electron chi connectivity index (χ1n) is 7.75. The van der Waals surface area contributed by atoms with Crippen molar-refractivity contribution in [2.24, 2.45) is 5.92 Å². The summed E-state index contributed by atoms with van der Waals surface area (Å²) >= 11 is 0. The Kier molecular flexibility index (Phi) is 5.30. The number of hydrogen-bond acceptors (Lipinski definition) is 3. The van der Waals surface area contributed by atoms with Crippen LogP contribution in [0.3, 0.4) is 0 Å². The van der Waals surface area contributed by atoms with Gasteiger partial charge >= 0.3 is 0 Å². The highest BCUT2D eigenvalue weighted by Gasteiger charge is 2.18. The van der Waals surface area contributed by atoms with Crippen molar-refractivity contribution in [2.45, 2.75) is 46.2 Å². The number of benzene rings is 1. The number of nitrogens with one attached hydrogen (secondary N) is 1. The maximum Gasteiger partial charge on any atom is 0.142 e. The fraction of sp³-hybridized carbons (Fsp3) is 0.647. The van der Waals surface area contributed by atoms with Crippen molar-refractivity contribution in [1.29, 1.82) is 0 Å². The van der Waals surface area contributed by atoms with Crippen molar-refractivity contribution in [3.63, 3.8) is 0 Å². The van der Waals surface area contributed by atoms with Gasteiger partial charge in [0.2, 0.25) is 0 Å². The lowest BCUT2D eigenvalue weighted by molar-refractivity contribution is 0.403. The molecule has 0 amide bonds. The fourth-order valence-electron chi connectivity index (χ4n) is 2.66. The van der Waals surface area contributed by atoms with E-state index in [1.165, 1.54) is 24.1 Å². The summed E-state index contributed by atoms with van der Waals surface area (Å²) in [6.07, 6.45) is 2.56. The molecule has 20 heavy (non-hydrogen) atoms. The molecular weight excluding hydrogens is 248 g/mol. The van der Waals surface area contributed by atoms with Gasteiger partial charge in [0.1, 0.15) is 5.75 Å². The molecule has 1 aromatic rings. The standard InChI is InChI=1S/C17H28N2O/c1-13(2)18-12-15-5-6-16(17(11-15)20-4)19-9-7-14(3)8-10-19/h5-6,11,13-14,18H,7-10,12H2,1-4H3. The van der Waals surface area contributed by atoms with Crippen molar-refractivity contribution >= 4 is 5.69 Å². The van der Waals surface area contributed by atoms with Crippen molar-refractivity contribution < 1.29 is 4.74 Å². The third-order valence-electron chi connectivity index (χ3n) is 4.08. The van der Waals surface area contributed by atoms with Gasteiger partial charge in [0.15, 0.2) is 0 Å². The van der Waals surface area contributed by atoms with Crippen LogP contribution in [0, 0.1) is 5.92 Å². The van der Waals surface area contributed by atoms with E-state index in [2.05, 4.69) is 49.2 Å². The van der Waals surface area contributed by atoms with Gasteiger partial charge in [-0.05, 0) is 36.5 Å². The second-order valence-electron chi connectivity index (χ2n) is 6.21. The van der Waals surface area contributed by atoms with E-state index in [9.17, 15) is 0 Å². The molecule has 1 fully saturated rings. The van der Waals surface area contributed by atoms with Crippen LogP contribution in [0.4, 0.5) is 5.69 Å². The summed E-state index contributed by atoms with van der Waals surface area (Å²) in [6.45, 7) is 9.85. The minimum Gasteiger partial charge on any atom is -0.495 e. The second kappa shape index (κ2) is 6.98. The number of hydrogen-bond donors (Lipinski definition) is 1. The molecule has 1 heterocycles. The van der Waals surface area contributed by atoms with E-state index in [1.807, 2.05) is 0 Å². The number of piperidine rings is 1. The molecule has 0 aliphatic carbocycles. The zero-order chi connectivity index (χ0) is 14.5. The molecule has 112 valence electrons. The third kappa shape index (κ3) is 3.89. The summed E-state index contributed by atoms with van der Waals surface area (Å²) in [7, 11) is 1.77. The van der Waals surface area contributed by atoms with E-state index in [1.54, 1.807) is 7.11 Å². The SMILES string of the molecule is COc1cc(CNC(C)C)ccc1N1CCC(C)CC1. The Balaban J connectivity index is 2.09. The van der Waals surface area contributed by atoms with E-state index in [0.717, 1.165) is 31.3 Å². The summed E-state index contributed by atoms with van der Waals surface area (Å²) in [4.78, 5) is 2.46. The zero-order valence-corrected chi connectivity index (χ0v) is 13.3. The molecule has 0 atom stereocenters. The van der Waals surface area contributed by atoms with Gasteiger partial charge in [0.05, 0.1) is 12.8 Å². The van der Waals surface area contributed by atoms with Crippen molar-refractivity contribution in [3.8, 4) is 5.75 Å². The molecule has 1 aliphatic heterocycles. The van der Waals surface area contributed by atoms with Gasteiger partial charge in [0.25, 0.3) is 0 Å². The molecule has 1 saturated heterocycles. The minimum atomic E-state index is 0.504. The number of methoxy groups -OCH3 is 1. The third-order valence-corrected chi connectivity index (χ3v) is 4.08. The minimum absolute atomic E-state index is 0.504. The summed E-state index contributed by atoms with van der Waals surface area (Å²) < 4.78 is 5.60. The van der Waals surface area contributed by atoms with Gasteiger partial charge < -0.3 is 15.0 Å². The molecule has 1 aliphatic rings. The smallest absolute Gasteiger partial charge is 0.142 e. The van der Waals surface area contributed by atoms with Crippen LogP contribution >= 0.6 is 0 Å². The van der Waals surface area contributed by atoms with Crippen LogP contribution in [0.5, 0.6) is 5.75 Å². The van der Waals surface area contributed by atoms with Gasteiger partial charge in [-0.1, -0.05) is 26.8 Å². The molecular formula is C17H28N2O. The average Bonchev–Trinajstić information content (AvgIpc) is 2.45. The average molecular weight is 276 g/mol. The molecule has 0 radical (unpaired) electrons. The van der Waals surface area contributed by atoms with Crippen LogP contribution in [-0.2, 0) is 6.54 Å². The number of anilines is 1. The summed E-state index contributed by atoms with van der Waals surface area (Å²) in [5, 5.41) is 3.45. The lowest BCUT2D eigenvalue weighted by atomic mass is 9.98. The highest BCUT2D eigenvalue weighted by molar-refractivity contribution is 5.60. The van der Waals surface area contributed by atoms with Crippen LogP contribution in [-0.4, -0.2) is 26.2 Å². The molecule has 2 rings (SSSR count). The van der Waals surface area contributed by atoms with E-state index in [4.69, 9.17) is 4.74 Å². The van der Waals surface area contributed by atoms with E-state index < -0.39 is 0 Å².